The van der Waals surface area contributed by atoms with Gasteiger partial charge >= 0.3 is 0 Å². The standard InChI is InChI=1S/C19H20N6O4S/c1-13-9-15(5-8-17(13)25-12-20-23-24-25)22-19(27)11-30(28)10-18(26)21-14-3-6-16(29-2)7-4-14/h3-9,12H,10-11H2,1-2H3,(H,21,26)(H,22,27)/t30-/m0/s1. The molecule has 0 saturated heterocycles. The van der Waals surface area contributed by atoms with Crippen LogP contribution >= 0.6 is 0 Å². The number of nitrogens with one attached hydrogen (secondary N) is 2. The zero-order valence-corrected chi connectivity index (χ0v) is 17.2. The summed E-state index contributed by atoms with van der Waals surface area (Å²) >= 11 is 0. The number of rotatable bonds is 8. The number of hydrogen-bond donors (Lipinski definition) is 2. The molecule has 0 aliphatic rings. The molecular formula is C19H20N6O4S. The Hall–Kier alpha value is -3.60. The average molecular weight is 428 g/mol. The molecule has 2 aromatic carbocycles. The Morgan fingerprint density at radius 3 is 2.23 bits per heavy atom. The number of aromatic nitrogens is 4. The van der Waals surface area contributed by atoms with Crippen molar-refractivity contribution in [2.24, 2.45) is 0 Å². The molecule has 156 valence electrons. The summed E-state index contributed by atoms with van der Waals surface area (Å²) in [4.78, 5) is 24.2. The van der Waals surface area contributed by atoms with Crippen LogP contribution in [0, 0.1) is 6.92 Å². The van der Waals surface area contributed by atoms with Crippen molar-refractivity contribution in [3.05, 3.63) is 54.4 Å². The Labute approximate surface area is 175 Å². The van der Waals surface area contributed by atoms with Gasteiger partial charge in [0.1, 0.15) is 23.6 Å². The number of amides is 2. The van der Waals surface area contributed by atoms with Gasteiger partial charge in [0.2, 0.25) is 11.8 Å². The maximum Gasteiger partial charge on any atom is 0.237 e. The summed E-state index contributed by atoms with van der Waals surface area (Å²) in [6.07, 6.45) is 1.47. The summed E-state index contributed by atoms with van der Waals surface area (Å²) in [5, 5.41) is 16.3. The Morgan fingerprint density at radius 1 is 1.03 bits per heavy atom. The summed E-state index contributed by atoms with van der Waals surface area (Å²) < 4.78 is 18.7. The second-order valence-corrected chi connectivity index (χ2v) is 7.77. The van der Waals surface area contributed by atoms with Crippen LogP contribution in [0.25, 0.3) is 5.69 Å². The fourth-order valence-electron chi connectivity index (χ4n) is 2.67. The molecule has 3 aromatic rings. The van der Waals surface area contributed by atoms with E-state index in [0.717, 1.165) is 11.3 Å². The second kappa shape index (κ2) is 9.74. The lowest BCUT2D eigenvalue weighted by molar-refractivity contribution is -0.114. The first-order valence-corrected chi connectivity index (χ1v) is 10.4. The molecule has 1 atom stereocenters. The molecule has 10 nitrogen and oxygen atoms in total. The van der Waals surface area contributed by atoms with Crippen molar-refractivity contribution in [2.75, 3.05) is 29.2 Å². The van der Waals surface area contributed by atoms with E-state index in [4.69, 9.17) is 4.74 Å². The fourth-order valence-corrected chi connectivity index (χ4v) is 3.51. The van der Waals surface area contributed by atoms with Crippen molar-refractivity contribution in [1.29, 1.82) is 0 Å². The molecule has 2 amide bonds. The van der Waals surface area contributed by atoms with Crippen LogP contribution in [0.5, 0.6) is 5.75 Å². The van der Waals surface area contributed by atoms with Crippen LogP contribution in [-0.4, -0.2) is 54.8 Å². The summed E-state index contributed by atoms with van der Waals surface area (Å²) in [6, 6.07) is 12.0. The molecule has 2 N–H and O–H groups in total. The molecule has 3 rings (SSSR count). The number of aryl methyl sites for hydroxylation is 1. The number of ether oxygens (including phenoxy) is 1. The number of nitrogens with zero attached hydrogens (tertiary/aromatic N) is 4. The largest absolute Gasteiger partial charge is 0.497 e. The van der Waals surface area contributed by atoms with E-state index < -0.39 is 22.6 Å². The predicted molar refractivity (Wildman–Crippen MR) is 112 cm³/mol. The normalized spacial score (nSPS) is 11.5. The molecule has 0 aliphatic carbocycles. The molecule has 30 heavy (non-hydrogen) atoms. The van der Waals surface area contributed by atoms with Crippen LogP contribution in [0.15, 0.2) is 48.8 Å². The van der Waals surface area contributed by atoms with Gasteiger partial charge in [-0.1, -0.05) is 0 Å². The van der Waals surface area contributed by atoms with Crippen LogP contribution in [0.2, 0.25) is 0 Å². The van der Waals surface area contributed by atoms with Crippen molar-refractivity contribution in [1.82, 2.24) is 20.2 Å². The van der Waals surface area contributed by atoms with Crippen LogP contribution in [0.3, 0.4) is 0 Å². The van der Waals surface area contributed by atoms with Gasteiger partial charge < -0.3 is 15.4 Å². The number of anilines is 2. The van der Waals surface area contributed by atoms with Crippen LogP contribution in [-0.2, 0) is 20.4 Å². The fraction of sp³-hybridized carbons (Fsp3) is 0.211. The highest BCUT2D eigenvalue weighted by atomic mass is 32.2. The van der Waals surface area contributed by atoms with Gasteiger partial charge in [-0.3, -0.25) is 13.8 Å². The monoisotopic (exact) mass is 428 g/mol. The van der Waals surface area contributed by atoms with Crippen molar-refractivity contribution in [3.8, 4) is 11.4 Å². The van der Waals surface area contributed by atoms with Crippen molar-refractivity contribution < 1.29 is 18.5 Å². The molecule has 0 unspecified atom stereocenters. The molecular weight excluding hydrogens is 408 g/mol. The van der Waals surface area contributed by atoms with Gasteiger partial charge in [0.05, 0.1) is 12.8 Å². The third-order valence-corrected chi connectivity index (χ3v) is 5.20. The summed E-state index contributed by atoms with van der Waals surface area (Å²) in [7, 11) is -0.0995. The quantitative estimate of drug-likeness (QED) is 0.553. The lowest BCUT2D eigenvalue weighted by Crippen LogP contribution is -2.26. The van der Waals surface area contributed by atoms with Gasteiger partial charge in [-0.25, -0.2) is 4.68 Å². The minimum atomic E-state index is -1.65. The Kier molecular flexibility index (Phi) is 6.86. The van der Waals surface area contributed by atoms with E-state index in [9.17, 15) is 13.8 Å². The molecule has 0 fully saturated rings. The molecule has 0 aliphatic heterocycles. The first-order chi connectivity index (χ1) is 14.4. The smallest absolute Gasteiger partial charge is 0.237 e. The summed E-state index contributed by atoms with van der Waals surface area (Å²) in [6.45, 7) is 1.86. The predicted octanol–water partition coefficient (Wildman–Crippen LogP) is 1.31. The van der Waals surface area contributed by atoms with Crippen LogP contribution in [0.4, 0.5) is 11.4 Å². The molecule has 0 saturated carbocycles. The highest BCUT2D eigenvalue weighted by molar-refractivity contribution is 7.86. The summed E-state index contributed by atoms with van der Waals surface area (Å²) in [5.41, 5.74) is 2.73. The Balaban J connectivity index is 1.49. The van der Waals surface area contributed by atoms with E-state index in [-0.39, 0.29) is 11.5 Å². The molecule has 1 aromatic heterocycles. The zero-order valence-electron chi connectivity index (χ0n) is 16.4. The van der Waals surface area contributed by atoms with Crippen LogP contribution in [0.1, 0.15) is 5.56 Å². The maximum atomic E-state index is 12.2. The van der Waals surface area contributed by atoms with Gasteiger partial charge in [0.15, 0.2) is 0 Å². The van der Waals surface area contributed by atoms with E-state index in [1.165, 1.54) is 11.0 Å². The SMILES string of the molecule is COc1ccc(NC(=O)C[S@](=O)CC(=O)Nc2ccc(-n3cnnn3)c(C)c2)cc1. The number of methoxy groups -OCH3 is 1. The first kappa shape index (κ1) is 21.1. The van der Waals surface area contributed by atoms with E-state index in [1.807, 2.05) is 6.92 Å². The highest BCUT2D eigenvalue weighted by Gasteiger charge is 2.14. The maximum absolute atomic E-state index is 12.2. The van der Waals surface area contributed by atoms with E-state index in [2.05, 4.69) is 26.2 Å². The van der Waals surface area contributed by atoms with Gasteiger partial charge in [-0.15, -0.1) is 5.10 Å². The van der Waals surface area contributed by atoms with Crippen molar-refractivity contribution in [3.63, 3.8) is 0 Å². The van der Waals surface area contributed by atoms with E-state index >= 15 is 0 Å². The van der Waals surface area contributed by atoms with Crippen molar-refractivity contribution >= 4 is 34.0 Å². The van der Waals surface area contributed by atoms with Gasteiger partial charge in [-0.2, -0.15) is 0 Å². The number of carbonyl (C=O) groups is 2. The topological polar surface area (TPSA) is 128 Å². The number of carbonyl (C=O) groups excluding carboxylic acids is 2. The van der Waals surface area contributed by atoms with E-state index in [1.54, 1.807) is 49.6 Å². The lowest BCUT2D eigenvalue weighted by Gasteiger charge is -2.09. The first-order valence-electron chi connectivity index (χ1n) is 8.87. The van der Waals surface area contributed by atoms with E-state index in [0.29, 0.717) is 17.1 Å². The minimum absolute atomic E-state index is 0.281. The van der Waals surface area contributed by atoms with Gasteiger partial charge in [-0.05, 0) is 65.4 Å². The Morgan fingerprint density at radius 2 is 1.67 bits per heavy atom. The number of benzene rings is 2. The molecule has 0 radical (unpaired) electrons. The second-order valence-electron chi connectivity index (χ2n) is 6.31. The molecule has 1 heterocycles. The minimum Gasteiger partial charge on any atom is -0.497 e. The average Bonchev–Trinajstić information content (AvgIpc) is 3.22. The van der Waals surface area contributed by atoms with Gasteiger partial charge in [0, 0.05) is 22.2 Å². The molecule has 0 bridgehead atoms. The molecule has 0 spiro atoms. The number of tetrazole rings is 1. The zero-order chi connectivity index (χ0) is 21.5. The molecule has 11 heteroatoms. The third kappa shape index (κ3) is 5.70. The summed E-state index contributed by atoms with van der Waals surface area (Å²) in [5.74, 6) is -0.789. The highest BCUT2D eigenvalue weighted by Crippen LogP contribution is 2.18. The van der Waals surface area contributed by atoms with Crippen molar-refractivity contribution in [2.45, 2.75) is 6.92 Å². The lowest BCUT2D eigenvalue weighted by atomic mass is 10.2. The Bertz CT molecular complexity index is 1050. The van der Waals surface area contributed by atoms with Gasteiger partial charge in [0.25, 0.3) is 0 Å². The number of hydrogen-bond acceptors (Lipinski definition) is 7. The van der Waals surface area contributed by atoms with Crippen LogP contribution < -0.4 is 15.4 Å². The third-order valence-electron chi connectivity index (χ3n) is 4.03.